The van der Waals surface area contributed by atoms with Gasteiger partial charge in [0.05, 0.1) is 12.7 Å². The van der Waals surface area contributed by atoms with Crippen LogP contribution < -0.4 is 9.47 Å². The maximum atomic E-state index is 13.1. The number of aryl methyl sites for hydroxylation is 2. The molecule has 12 heteroatoms. The van der Waals surface area contributed by atoms with Gasteiger partial charge in [-0.3, -0.25) is 4.79 Å². The van der Waals surface area contributed by atoms with Gasteiger partial charge in [-0.1, -0.05) is 11.2 Å². The average Bonchev–Trinajstić information content (AvgIpc) is 2.92. The van der Waals surface area contributed by atoms with E-state index in [4.69, 9.17) is 9.26 Å². The molecule has 3 rings (SSSR count). The zero-order valence-corrected chi connectivity index (χ0v) is 18.1. The van der Waals surface area contributed by atoms with Crippen molar-refractivity contribution in [1.82, 2.24) is 14.4 Å². The molecule has 1 aliphatic rings. The molecule has 170 valence electrons. The highest BCUT2D eigenvalue weighted by Gasteiger charge is 2.33. The van der Waals surface area contributed by atoms with Crippen molar-refractivity contribution in [2.24, 2.45) is 0 Å². The molecule has 2 aromatic rings. The number of alkyl halides is 2. The first kappa shape index (κ1) is 22.9. The lowest BCUT2D eigenvalue weighted by atomic mass is 10.1. The highest BCUT2D eigenvalue weighted by Crippen LogP contribution is 2.33. The molecule has 0 radical (unpaired) electrons. The van der Waals surface area contributed by atoms with Gasteiger partial charge in [-0.2, -0.15) is 13.1 Å². The summed E-state index contributed by atoms with van der Waals surface area (Å²) in [4.78, 5) is 14.5. The standard InChI is InChI=1S/C19H23F2N3O6S/c1-12-17(13(2)30-22-12)31(26,27)24-9-5-8-23(10-11-24)18(25)14-6-4-7-15(28-3)16(14)29-19(20)21/h4,6-7,19H,5,8-11H2,1-3H3. The second kappa shape index (κ2) is 9.18. The SMILES string of the molecule is COc1cccc(C(=O)N2CCCN(S(=O)(=O)c3c(C)noc3C)CC2)c1OC(F)F. The molecule has 1 aromatic carbocycles. The van der Waals surface area contributed by atoms with E-state index in [9.17, 15) is 22.0 Å². The Morgan fingerprint density at radius 2 is 1.94 bits per heavy atom. The molecule has 0 atom stereocenters. The van der Waals surface area contributed by atoms with Crippen molar-refractivity contribution < 1.29 is 36.0 Å². The number of rotatable bonds is 6. The van der Waals surface area contributed by atoms with E-state index < -0.39 is 22.5 Å². The Balaban J connectivity index is 1.83. The van der Waals surface area contributed by atoms with Gasteiger partial charge in [0.2, 0.25) is 10.0 Å². The lowest BCUT2D eigenvalue weighted by Crippen LogP contribution is -2.37. The predicted octanol–water partition coefficient (Wildman–Crippen LogP) is 2.44. The van der Waals surface area contributed by atoms with Gasteiger partial charge in [0.15, 0.2) is 17.3 Å². The molecule has 31 heavy (non-hydrogen) atoms. The molecule has 2 heterocycles. The minimum absolute atomic E-state index is 0.00332. The smallest absolute Gasteiger partial charge is 0.387 e. The van der Waals surface area contributed by atoms with Crippen LogP contribution in [0, 0.1) is 13.8 Å². The molecule has 0 bridgehead atoms. The number of hydrogen-bond acceptors (Lipinski definition) is 7. The third-order valence-corrected chi connectivity index (χ3v) is 7.09. The summed E-state index contributed by atoms with van der Waals surface area (Å²) < 4.78 is 67.7. The average molecular weight is 459 g/mol. The van der Waals surface area contributed by atoms with E-state index in [2.05, 4.69) is 9.89 Å². The number of amides is 1. The fourth-order valence-electron chi connectivity index (χ4n) is 3.54. The van der Waals surface area contributed by atoms with Crippen LogP contribution in [0.2, 0.25) is 0 Å². The van der Waals surface area contributed by atoms with E-state index in [1.54, 1.807) is 6.92 Å². The summed E-state index contributed by atoms with van der Waals surface area (Å²) in [6.07, 6.45) is 0.364. The van der Waals surface area contributed by atoms with E-state index >= 15 is 0 Å². The topological polar surface area (TPSA) is 102 Å². The Morgan fingerprint density at radius 3 is 2.55 bits per heavy atom. The van der Waals surface area contributed by atoms with Crippen molar-refractivity contribution >= 4 is 15.9 Å². The minimum Gasteiger partial charge on any atom is -0.493 e. The number of carbonyl (C=O) groups is 1. The fourth-order valence-corrected chi connectivity index (χ4v) is 5.30. The first-order chi connectivity index (χ1) is 14.7. The lowest BCUT2D eigenvalue weighted by molar-refractivity contribution is -0.0516. The van der Waals surface area contributed by atoms with Crippen molar-refractivity contribution in [1.29, 1.82) is 0 Å². The highest BCUT2D eigenvalue weighted by molar-refractivity contribution is 7.89. The lowest BCUT2D eigenvalue weighted by Gasteiger charge is -2.23. The minimum atomic E-state index is -3.86. The number of benzene rings is 1. The number of halogens is 2. The van der Waals surface area contributed by atoms with E-state index in [0.29, 0.717) is 6.42 Å². The van der Waals surface area contributed by atoms with Gasteiger partial charge in [0, 0.05) is 26.2 Å². The zero-order valence-electron chi connectivity index (χ0n) is 17.3. The van der Waals surface area contributed by atoms with E-state index in [-0.39, 0.29) is 59.6 Å². The van der Waals surface area contributed by atoms with Gasteiger partial charge in [0.1, 0.15) is 10.6 Å². The molecule has 0 saturated carbocycles. The third-order valence-electron chi connectivity index (χ3n) is 4.94. The molecular weight excluding hydrogens is 436 g/mol. The second-order valence-electron chi connectivity index (χ2n) is 6.92. The molecular formula is C19H23F2N3O6S. The Kier molecular flexibility index (Phi) is 6.80. The van der Waals surface area contributed by atoms with Crippen LogP contribution in [0.4, 0.5) is 8.78 Å². The summed E-state index contributed by atoms with van der Waals surface area (Å²) in [5, 5.41) is 3.70. The number of para-hydroxylation sites is 1. The van der Waals surface area contributed by atoms with Gasteiger partial charge < -0.3 is 18.9 Å². The summed E-state index contributed by atoms with van der Waals surface area (Å²) in [7, 11) is -2.57. The monoisotopic (exact) mass is 459 g/mol. The summed E-state index contributed by atoms with van der Waals surface area (Å²) >= 11 is 0. The number of ether oxygens (including phenoxy) is 2. The molecule has 1 amide bonds. The van der Waals surface area contributed by atoms with Crippen LogP contribution in [0.3, 0.4) is 0 Å². The Hall–Kier alpha value is -2.73. The Labute approximate surface area is 178 Å². The zero-order chi connectivity index (χ0) is 22.8. The number of hydrogen-bond donors (Lipinski definition) is 0. The highest BCUT2D eigenvalue weighted by atomic mass is 32.2. The number of sulfonamides is 1. The maximum Gasteiger partial charge on any atom is 0.387 e. The van der Waals surface area contributed by atoms with Crippen LogP contribution in [0.15, 0.2) is 27.6 Å². The summed E-state index contributed by atoms with van der Waals surface area (Å²) in [5.74, 6) is -0.705. The van der Waals surface area contributed by atoms with Gasteiger partial charge in [-0.15, -0.1) is 0 Å². The molecule has 0 unspecified atom stereocenters. The van der Waals surface area contributed by atoms with Crippen LogP contribution in [-0.2, 0) is 10.0 Å². The van der Waals surface area contributed by atoms with Crippen LogP contribution >= 0.6 is 0 Å². The number of nitrogens with zero attached hydrogens (tertiary/aromatic N) is 3. The number of carbonyl (C=O) groups excluding carboxylic acids is 1. The molecule has 1 fully saturated rings. The van der Waals surface area contributed by atoms with E-state index in [1.165, 1.54) is 41.4 Å². The summed E-state index contributed by atoms with van der Waals surface area (Å²) in [6.45, 7) is 0.479. The van der Waals surface area contributed by atoms with Crippen LogP contribution in [-0.4, -0.2) is 68.6 Å². The number of aromatic nitrogens is 1. The van der Waals surface area contributed by atoms with E-state index in [0.717, 1.165) is 0 Å². The predicted molar refractivity (Wildman–Crippen MR) is 105 cm³/mol. The molecule has 1 aromatic heterocycles. The molecule has 1 aliphatic heterocycles. The van der Waals surface area contributed by atoms with E-state index in [1.807, 2.05) is 0 Å². The van der Waals surface area contributed by atoms with Gasteiger partial charge in [-0.05, 0) is 32.4 Å². The summed E-state index contributed by atoms with van der Waals surface area (Å²) in [6, 6.07) is 4.27. The maximum absolute atomic E-state index is 13.1. The first-order valence-electron chi connectivity index (χ1n) is 9.51. The first-order valence-corrected chi connectivity index (χ1v) is 10.9. The van der Waals surface area contributed by atoms with Gasteiger partial charge >= 0.3 is 6.61 Å². The molecule has 0 spiro atoms. The molecule has 0 aliphatic carbocycles. The molecule has 9 nitrogen and oxygen atoms in total. The fraction of sp³-hybridized carbons (Fsp3) is 0.474. The van der Waals surface area contributed by atoms with Crippen molar-refractivity contribution in [2.75, 3.05) is 33.3 Å². The normalized spacial score (nSPS) is 15.7. The van der Waals surface area contributed by atoms with Crippen molar-refractivity contribution in [3.8, 4) is 11.5 Å². The number of methoxy groups -OCH3 is 1. The van der Waals surface area contributed by atoms with Crippen molar-refractivity contribution in [3.63, 3.8) is 0 Å². The van der Waals surface area contributed by atoms with Crippen LogP contribution in [0.25, 0.3) is 0 Å². The van der Waals surface area contributed by atoms with Crippen molar-refractivity contribution in [3.05, 3.63) is 35.2 Å². The summed E-state index contributed by atoms with van der Waals surface area (Å²) in [5.41, 5.74) is 0.182. The van der Waals surface area contributed by atoms with Gasteiger partial charge in [-0.25, -0.2) is 8.42 Å². The van der Waals surface area contributed by atoms with Crippen LogP contribution in [0.5, 0.6) is 11.5 Å². The quantitative estimate of drug-likeness (QED) is 0.654. The molecule has 0 N–H and O–H groups in total. The molecule has 1 saturated heterocycles. The Bertz CT molecular complexity index is 1040. The Morgan fingerprint density at radius 1 is 1.19 bits per heavy atom. The van der Waals surface area contributed by atoms with Crippen LogP contribution in [0.1, 0.15) is 28.2 Å². The second-order valence-corrected chi connectivity index (χ2v) is 8.79. The third kappa shape index (κ3) is 4.64. The van der Waals surface area contributed by atoms with Crippen molar-refractivity contribution in [2.45, 2.75) is 31.8 Å². The van der Waals surface area contributed by atoms with Gasteiger partial charge in [0.25, 0.3) is 5.91 Å². The largest absolute Gasteiger partial charge is 0.493 e.